The molecule has 1 aliphatic heterocycles. The number of carbonyl (C=O) groups is 1. The van der Waals surface area contributed by atoms with Crippen LogP contribution in [0, 0.1) is 5.92 Å². The van der Waals surface area contributed by atoms with Crippen LogP contribution >= 0.6 is 11.6 Å². The van der Waals surface area contributed by atoms with Gasteiger partial charge in [0, 0.05) is 38.7 Å². The van der Waals surface area contributed by atoms with Crippen LogP contribution in [0.4, 0.5) is 4.79 Å². The summed E-state index contributed by atoms with van der Waals surface area (Å²) in [5.41, 5.74) is 5.60. The van der Waals surface area contributed by atoms with Gasteiger partial charge in [0.05, 0.1) is 6.04 Å². The van der Waals surface area contributed by atoms with Crippen LogP contribution in [-0.2, 0) is 9.47 Å². The van der Waals surface area contributed by atoms with Crippen LogP contribution in [0.2, 0.25) is 0 Å². The van der Waals surface area contributed by atoms with E-state index in [0.717, 1.165) is 12.8 Å². The third-order valence-corrected chi connectivity index (χ3v) is 4.82. The first-order valence-corrected chi connectivity index (χ1v) is 10.5. The summed E-state index contributed by atoms with van der Waals surface area (Å²) in [6, 6.07) is -0.0884. The van der Waals surface area contributed by atoms with Gasteiger partial charge in [-0.1, -0.05) is 24.3 Å². The molecule has 1 saturated heterocycles. The van der Waals surface area contributed by atoms with E-state index in [2.05, 4.69) is 28.5 Å². The molecule has 0 unspecified atom stereocenters. The number of guanidine groups is 1. The van der Waals surface area contributed by atoms with Crippen molar-refractivity contribution in [1.82, 2.24) is 10.2 Å². The Kier molecular flexibility index (Phi) is 10.9. The van der Waals surface area contributed by atoms with Crippen LogP contribution in [0.5, 0.6) is 0 Å². The molecule has 0 aliphatic carbocycles. The molecule has 0 aromatic rings. The third kappa shape index (κ3) is 9.63. The molecule has 3 atom stereocenters. The number of aliphatic imine (C=N–C) groups is 2. The van der Waals surface area contributed by atoms with Gasteiger partial charge in [0.2, 0.25) is 0 Å². The Labute approximate surface area is 185 Å². The molecular formula is C21H36ClN5O3. The predicted octanol–water partition coefficient (Wildman–Crippen LogP) is 3.63. The molecule has 1 heterocycles. The zero-order valence-electron chi connectivity index (χ0n) is 18.6. The van der Waals surface area contributed by atoms with Gasteiger partial charge in [0.25, 0.3) is 0 Å². The molecule has 0 radical (unpaired) electrons. The SMILES string of the molecule is C=CC[C@@H](CCC(Cl)=NC=C)[C@H](NC(N)=N[C@@H]1CCN(C(=O)OC(C)(C)C)C1)OC. The van der Waals surface area contributed by atoms with E-state index in [1.165, 1.54) is 6.20 Å². The minimum absolute atomic E-state index is 0.0804. The number of nitrogens with two attached hydrogens (primary N) is 1. The van der Waals surface area contributed by atoms with E-state index >= 15 is 0 Å². The minimum Gasteiger partial charge on any atom is -0.444 e. The third-order valence-electron chi connectivity index (χ3n) is 4.53. The fraction of sp³-hybridized carbons (Fsp3) is 0.667. The van der Waals surface area contributed by atoms with Crippen molar-refractivity contribution in [1.29, 1.82) is 0 Å². The van der Waals surface area contributed by atoms with Crippen LogP contribution in [0.1, 0.15) is 46.5 Å². The van der Waals surface area contributed by atoms with E-state index in [4.69, 9.17) is 26.8 Å². The maximum atomic E-state index is 12.2. The molecule has 9 heteroatoms. The molecule has 8 nitrogen and oxygen atoms in total. The van der Waals surface area contributed by atoms with Gasteiger partial charge in [-0.3, -0.25) is 0 Å². The molecule has 170 valence electrons. The Hall–Kier alpha value is -2.06. The summed E-state index contributed by atoms with van der Waals surface area (Å²) in [4.78, 5) is 22.4. The van der Waals surface area contributed by atoms with Crippen LogP contribution < -0.4 is 11.1 Å². The number of methoxy groups -OCH3 is 1. The molecular weight excluding hydrogens is 406 g/mol. The molecule has 1 amide bonds. The van der Waals surface area contributed by atoms with Crippen LogP contribution in [0.25, 0.3) is 0 Å². The Morgan fingerprint density at radius 2 is 2.13 bits per heavy atom. The van der Waals surface area contributed by atoms with E-state index in [0.29, 0.717) is 31.1 Å². The first-order chi connectivity index (χ1) is 14.1. The number of hydrogen-bond donors (Lipinski definition) is 2. The van der Waals surface area contributed by atoms with Crippen LogP contribution in [-0.4, -0.2) is 60.2 Å². The van der Waals surface area contributed by atoms with Gasteiger partial charge in [-0.05, 0) is 40.0 Å². The zero-order valence-corrected chi connectivity index (χ0v) is 19.3. The monoisotopic (exact) mass is 441 g/mol. The Morgan fingerprint density at radius 3 is 2.70 bits per heavy atom. The highest BCUT2D eigenvalue weighted by atomic mass is 35.5. The maximum absolute atomic E-state index is 12.2. The first kappa shape index (κ1) is 26.0. The van der Waals surface area contributed by atoms with E-state index in [-0.39, 0.29) is 30.2 Å². The van der Waals surface area contributed by atoms with Crippen molar-refractivity contribution in [3.05, 3.63) is 25.4 Å². The Balaban J connectivity index is 2.67. The second-order valence-corrected chi connectivity index (χ2v) is 8.63. The number of carbonyl (C=O) groups excluding carboxylic acids is 1. The number of rotatable bonds is 10. The molecule has 0 spiro atoms. The van der Waals surface area contributed by atoms with Crippen molar-refractivity contribution in [2.45, 2.75) is 64.3 Å². The molecule has 0 aromatic carbocycles. The highest BCUT2D eigenvalue weighted by Crippen LogP contribution is 2.20. The summed E-state index contributed by atoms with van der Waals surface area (Å²) >= 11 is 6.07. The number of likely N-dealkylation sites (tertiary alicyclic amines) is 1. The normalized spacial score (nSPS) is 19.9. The fourth-order valence-electron chi connectivity index (χ4n) is 3.16. The highest BCUT2D eigenvalue weighted by molar-refractivity contribution is 6.65. The highest BCUT2D eigenvalue weighted by Gasteiger charge is 2.30. The number of hydrogen-bond acceptors (Lipinski definition) is 5. The van der Waals surface area contributed by atoms with E-state index in [9.17, 15) is 4.79 Å². The number of nitrogens with zero attached hydrogens (tertiary/aromatic N) is 3. The van der Waals surface area contributed by atoms with E-state index in [1.54, 1.807) is 12.0 Å². The molecule has 0 saturated carbocycles. The van der Waals surface area contributed by atoms with Gasteiger partial charge in [0.1, 0.15) is 17.0 Å². The van der Waals surface area contributed by atoms with Gasteiger partial charge in [-0.25, -0.2) is 14.8 Å². The molecule has 0 aromatic heterocycles. The number of amides is 1. The van der Waals surface area contributed by atoms with Gasteiger partial charge >= 0.3 is 6.09 Å². The number of ether oxygens (including phenoxy) is 2. The number of nitrogens with one attached hydrogen (secondary N) is 1. The minimum atomic E-state index is -0.524. The smallest absolute Gasteiger partial charge is 0.410 e. The molecule has 30 heavy (non-hydrogen) atoms. The molecule has 1 fully saturated rings. The average Bonchev–Trinajstić information content (AvgIpc) is 3.11. The van der Waals surface area contributed by atoms with Crippen molar-refractivity contribution in [2.24, 2.45) is 21.6 Å². The van der Waals surface area contributed by atoms with Crippen LogP contribution in [0.15, 0.2) is 35.4 Å². The quantitative estimate of drug-likeness (QED) is 0.233. The standard InChI is InChI=1S/C21H36ClN5O3/c1-7-9-15(10-11-17(22)24-8-2)18(29-6)26-19(23)25-16-12-13-27(14-16)20(28)30-21(3,4)5/h7-8,15-16,18H,1-2,9-14H2,3-6H3,(H3,23,25,26)/t15-,16+,18+/m0/s1. The molecule has 0 bridgehead atoms. The first-order valence-electron chi connectivity index (χ1n) is 10.1. The summed E-state index contributed by atoms with van der Waals surface area (Å²) in [6.07, 6.45) is 5.34. The second-order valence-electron chi connectivity index (χ2n) is 8.19. The van der Waals surface area contributed by atoms with Crippen LogP contribution in [0.3, 0.4) is 0 Å². The van der Waals surface area contributed by atoms with Crippen molar-refractivity contribution in [3.8, 4) is 0 Å². The summed E-state index contributed by atoms with van der Waals surface area (Å²) in [5, 5.41) is 3.63. The average molecular weight is 442 g/mol. The Bertz CT molecular complexity index is 645. The summed E-state index contributed by atoms with van der Waals surface area (Å²) in [6.45, 7) is 14.0. The predicted molar refractivity (Wildman–Crippen MR) is 123 cm³/mol. The molecule has 3 N–H and O–H groups in total. The summed E-state index contributed by atoms with van der Waals surface area (Å²) in [5.74, 6) is 0.356. The number of halogens is 1. The van der Waals surface area contributed by atoms with E-state index < -0.39 is 5.60 Å². The van der Waals surface area contributed by atoms with E-state index in [1.807, 2.05) is 26.8 Å². The lowest BCUT2D eigenvalue weighted by atomic mass is 9.97. The molecule has 1 aliphatic rings. The maximum Gasteiger partial charge on any atom is 0.410 e. The van der Waals surface area contributed by atoms with Crippen molar-refractivity contribution < 1.29 is 14.3 Å². The lowest BCUT2D eigenvalue weighted by Gasteiger charge is -2.27. The second kappa shape index (κ2) is 12.6. The van der Waals surface area contributed by atoms with Gasteiger partial charge in [-0.2, -0.15) is 0 Å². The lowest BCUT2D eigenvalue weighted by Crippen LogP contribution is -2.46. The fourth-order valence-corrected chi connectivity index (χ4v) is 3.34. The molecule has 1 rings (SSSR count). The number of allylic oxidation sites excluding steroid dienone is 1. The van der Waals surface area contributed by atoms with Crippen molar-refractivity contribution in [2.75, 3.05) is 20.2 Å². The van der Waals surface area contributed by atoms with Crippen molar-refractivity contribution >= 4 is 28.8 Å². The van der Waals surface area contributed by atoms with Gasteiger partial charge in [-0.15, -0.1) is 6.58 Å². The van der Waals surface area contributed by atoms with Crippen molar-refractivity contribution in [3.63, 3.8) is 0 Å². The summed E-state index contributed by atoms with van der Waals surface area (Å²) in [7, 11) is 1.61. The lowest BCUT2D eigenvalue weighted by molar-refractivity contribution is 0.0292. The van der Waals surface area contributed by atoms with Gasteiger partial charge in [0.15, 0.2) is 5.96 Å². The zero-order chi connectivity index (χ0) is 22.7. The summed E-state index contributed by atoms with van der Waals surface area (Å²) < 4.78 is 11.0. The topological polar surface area (TPSA) is 102 Å². The van der Waals surface area contributed by atoms with Gasteiger partial charge < -0.3 is 25.4 Å². The largest absolute Gasteiger partial charge is 0.444 e. The Morgan fingerprint density at radius 1 is 1.43 bits per heavy atom.